The number of hydrogen-bond acceptors (Lipinski definition) is 14. The molecule has 15 heteroatoms. The van der Waals surface area contributed by atoms with Gasteiger partial charge in [0.25, 0.3) is 0 Å². The molecule has 5 N–H and O–H groups in total. The monoisotopic (exact) mass is 580 g/mol. The van der Waals surface area contributed by atoms with Crippen molar-refractivity contribution in [3.05, 3.63) is 43.4 Å². The van der Waals surface area contributed by atoms with Gasteiger partial charge in [-0.05, 0) is 12.1 Å². The lowest BCUT2D eigenvalue weighted by Crippen LogP contribution is -2.32. The lowest BCUT2D eigenvalue weighted by atomic mass is 10.1. The molecule has 6 rings (SSSR count). The summed E-state index contributed by atoms with van der Waals surface area (Å²) in [5.74, 6) is 3.63. The lowest BCUT2D eigenvalue weighted by Gasteiger charge is -2.16. The van der Waals surface area contributed by atoms with Crippen molar-refractivity contribution < 1.29 is 28.8 Å². The van der Waals surface area contributed by atoms with Crippen LogP contribution < -0.4 is 20.5 Å². The zero-order valence-electron chi connectivity index (χ0n) is 22.2. The first-order chi connectivity index (χ1) is 20.0. The molecule has 5 heterocycles. The van der Waals surface area contributed by atoms with Gasteiger partial charge in [0.15, 0.2) is 35.0 Å². The molecule has 0 unspecified atom stereocenters. The number of methoxy groups -OCH3 is 2. The molecule has 4 atom stereocenters. The van der Waals surface area contributed by atoms with Crippen LogP contribution >= 0.6 is 11.8 Å². The molecule has 0 bridgehead atoms. The van der Waals surface area contributed by atoms with Crippen molar-refractivity contribution in [1.29, 1.82) is 0 Å². The maximum Gasteiger partial charge on any atom is 0.167 e. The Balaban J connectivity index is 1.12. The van der Waals surface area contributed by atoms with E-state index in [2.05, 4.69) is 25.3 Å². The van der Waals surface area contributed by atoms with Gasteiger partial charge in [-0.15, -0.1) is 0 Å². The number of nitrogens with zero attached hydrogens (tertiary/aromatic N) is 6. The third-order valence-electron chi connectivity index (χ3n) is 6.80. The van der Waals surface area contributed by atoms with Gasteiger partial charge >= 0.3 is 0 Å². The lowest BCUT2D eigenvalue weighted by molar-refractivity contribution is -0.0288. The Bertz CT molecular complexity index is 1670. The van der Waals surface area contributed by atoms with Crippen molar-refractivity contribution in [2.75, 3.05) is 43.3 Å². The maximum absolute atomic E-state index is 10.7. The first-order valence-electron chi connectivity index (χ1n) is 12.7. The average molecular weight is 581 g/mol. The van der Waals surface area contributed by atoms with Gasteiger partial charge in [0.05, 0.1) is 44.0 Å². The van der Waals surface area contributed by atoms with E-state index < -0.39 is 24.5 Å². The van der Waals surface area contributed by atoms with Crippen LogP contribution in [-0.2, 0) is 4.74 Å². The molecule has 1 saturated heterocycles. The van der Waals surface area contributed by atoms with Crippen LogP contribution in [0.15, 0.2) is 47.8 Å². The molecule has 5 aromatic rings. The maximum atomic E-state index is 10.7. The zero-order chi connectivity index (χ0) is 28.5. The van der Waals surface area contributed by atoms with Gasteiger partial charge in [-0.2, -0.15) is 11.8 Å². The third-order valence-corrected chi connectivity index (χ3v) is 7.86. The van der Waals surface area contributed by atoms with E-state index in [4.69, 9.17) is 29.3 Å². The van der Waals surface area contributed by atoms with Crippen molar-refractivity contribution in [2.45, 2.75) is 24.5 Å². The highest BCUT2D eigenvalue weighted by Gasteiger charge is 2.44. The minimum absolute atomic E-state index is 0.229. The normalized spacial score (nSPS) is 20.6. The van der Waals surface area contributed by atoms with Crippen LogP contribution in [-0.4, -0.2) is 90.3 Å². The van der Waals surface area contributed by atoms with Crippen LogP contribution in [0.5, 0.6) is 11.5 Å². The van der Waals surface area contributed by atoms with E-state index in [1.807, 2.05) is 12.1 Å². The second-order valence-electron chi connectivity index (χ2n) is 9.26. The summed E-state index contributed by atoms with van der Waals surface area (Å²) in [6.45, 7) is 0.563. The number of ether oxygens (including phenoxy) is 3. The van der Waals surface area contributed by atoms with E-state index in [9.17, 15) is 10.2 Å². The summed E-state index contributed by atoms with van der Waals surface area (Å²) in [4.78, 5) is 21.8. The number of nitrogens with two attached hydrogens (primary N) is 1. The fourth-order valence-corrected chi connectivity index (χ4v) is 5.63. The largest absolute Gasteiger partial charge is 0.493 e. The van der Waals surface area contributed by atoms with E-state index in [0.717, 1.165) is 10.9 Å². The fourth-order valence-electron chi connectivity index (χ4n) is 4.71. The first-order valence-corrected chi connectivity index (χ1v) is 13.9. The Kier molecular flexibility index (Phi) is 7.49. The van der Waals surface area contributed by atoms with E-state index in [1.54, 1.807) is 49.1 Å². The molecule has 0 aliphatic carbocycles. The molecule has 0 amide bonds. The van der Waals surface area contributed by atoms with E-state index in [1.165, 1.54) is 12.7 Å². The van der Waals surface area contributed by atoms with Gasteiger partial charge in [-0.25, -0.2) is 24.9 Å². The van der Waals surface area contributed by atoms with E-state index >= 15 is 0 Å². The molecule has 1 fully saturated rings. The molecule has 0 saturated carbocycles. The van der Waals surface area contributed by atoms with Crippen molar-refractivity contribution in [3.8, 4) is 22.9 Å². The number of fused-ring (bicyclic) bond motifs is 2. The Morgan fingerprint density at radius 1 is 1.10 bits per heavy atom. The molecular formula is C26H28N8O6S. The number of benzene rings is 1. The quantitative estimate of drug-likeness (QED) is 0.176. The Labute approximate surface area is 237 Å². The number of nitrogens with one attached hydrogen (secondary N) is 1. The van der Waals surface area contributed by atoms with E-state index in [-0.39, 0.29) is 5.82 Å². The van der Waals surface area contributed by atoms with Crippen LogP contribution in [0.3, 0.4) is 0 Å². The van der Waals surface area contributed by atoms with Gasteiger partial charge in [-0.3, -0.25) is 4.57 Å². The number of aliphatic hydroxyl groups is 2. The summed E-state index contributed by atoms with van der Waals surface area (Å²) >= 11 is 1.57. The van der Waals surface area contributed by atoms with Crippen molar-refractivity contribution in [1.82, 2.24) is 29.5 Å². The number of nitrogen functional groups attached to an aromatic ring is 1. The minimum Gasteiger partial charge on any atom is -0.493 e. The second kappa shape index (κ2) is 11.4. The fraction of sp³-hybridized carbons (Fsp3) is 0.346. The highest BCUT2D eigenvalue weighted by Crippen LogP contribution is 2.36. The molecule has 1 aliphatic heterocycles. The number of furan rings is 1. The molecule has 4 aromatic heterocycles. The summed E-state index contributed by atoms with van der Waals surface area (Å²) in [6.07, 6.45) is 2.26. The average Bonchev–Trinajstić information content (AvgIpc) is 3.73. The number of hydrogen-bond donors (Lipinski definition) is 4. The predicted octanol–water partition coefficient (Wildman–Crippen LogP) is 2.09. The molecular weight excluding hydrogens is 552 g/mol. The highest BCUT2D eigenvalue weighted by atomic mass is 32.2. The summed E-state index contributed by atoms with van der Waals surface area (Å²) in [7, 11) is 3.15. The minimum atomic E-state index is -1.16. The molecule has 0 spiro atoms. The molecule has 1 aliphatic rings. The Morgan fingerprint density at radius 3 is 2.71 bits per heavy atom. The van der Waals surface area contributed by atoms with E-state index in [0.29, 0.717) is 57.9 Å². The highest BCUT2D eigenvalue weighted by molar-refractivity contribution is 7.99. The summed E-state index contributed by atoms with van der Waals surface area (Å²) < 4.78 is 23.8. The first kappa shape index (κ1) is 27.0. The molecule has 1 aromatic carbocycles. The number of imidazole rings is 1. The Hall–Kier alpha value is -4.18. The third kappa shape index (κ3) is 5.08. The van der Waals surface area contributed by atoms with Crippen molar-refractivity contribution in [3.63, 3.8) is 0 Å². The smallest absolute Gasteiger partial charge is 0.167 e. The molecule has 214 valence electrons. The summed E-state index contributed by atoms with van der Waals surface area (Å²) in [5.41, 5.74) is 8.14. The standard InChI is InChI=1S/C26H28N8O6S/c1-37-16-7-14-15(8-17(16)38-2)32-23(13-3-5-39-9-13)33-24(14)28-4-6-41-10-18-20(35)21(36)26(40-18)34-12-31-19-22(27)29-11-30-25(19)34/h3,5,7-9,11-12,18,20-21,26,35-36H,4,6,10H2,1-2H3,(H2,27,29,30)(H,28,32,33)/t18-,20-,21-,26-/m1/s1. The number of anilines is 2. The SMILES string of the molecule is COc1cc2nc(-c3ccoc3)nc(NCCSC[C@H]3O[C@@H](n4cnc5c(N)ncnc54)[C@H](O)[C@@H]3O)c2cc1OC. The van der Waals surface area contributed by atoms with Crippen molar-refractivity contribution in [2.24, 2.45) is 0 Å². The second-order valence-corrected chi connectivity index (χ2v) is 10.4. The topological polar surface area (TPSA) is 189 Å². The van der Waals surface area contributed by atoms with Crippen LogP contribution in [0.2, 0.25) is 0 Å². The van der Waals surface area contributed by atoms with Crippen LogP contribution in [0.1, 0.15) is 6.23 Å². The molecule has 41 heavy (non-hydrogen) atoms. The zero-order valence-corrected chi connectivity index (χ0v) is 23.0. The van der Waals surface area contributed by atoms with Crippen molar-refractivity contribution >= 4 is 45.5 Å². The number of thioether (sulfide) groups is 1. The van der Waals surface area contributed by atoms with Gasteiger partial charge in [0, 0.05) is 29.5 Å². The number of aromatic nitrogens is 6. The van der Waals surface area contributed by atoms with Crippen LogP contribution in [0.4, 0.5) is 11.6 Å². The molecule has 0 radical (unpaired) electrons. The number of rotatable bonds is 10. The van der Waals surface area contributed by atoms with Crippen LogP contribution in [0.25, 0.3) is 33.5 Å². The van der Waals surface area contributed by atoms with Gasteiger partial charge in [-0.1, -0.05) is 0 Å². The van der Waals surface area contributed by atoms with Gasteiger partial charge < -0.3 is 39.9 Å². The summed E-state index contributed by atoms with van der Waals surface area (Å²) in [5, 5.41) is 25.5. The predicted molar refractivity (Wildman–Crippen MR) is 152 cm³/mol. The molecule has 14 nitrogen and oxygen atoms in total. The van der Waals surface area contributed by atoms with Crippen LogP contribution in [0, 0.1) is 0 Å². The number of aliphatic hydroxyl groups excluding tert-OH is 2. The Morgan fingerprint density at radius 2 is 1.93 bits per heavy atom. The van der Waals surface area contributed by atoms with Gasteiger partial charge in [0.2, 0.25) is 0 Å². The summed E-state index contributed by atoms with van der Waals surface area (Å²) in [6, 6.07) is 5.44. The van der Waals surface area contributed by atoms with Gasteiger partial charge in [0.1, 0.15) is 36.1 Å².